The summed E-state index contributed by atoms with van der Waals surface area (Å²) >= 11 is 0. The second kappa shape index (κ2) is 6.11. The van der Waals surface area contributed by atoms with Crippen LogP contribution in [0.3, 0.4) is 0 Å². The number of nitrogens with one attached hydrogen (secondary N) is 2. The molecular weight excluding hydrogens is 186 g/mol. The molecule has 0 aromatic rings. The lowest BCUT2D eigenvalue weighted by molar-refractivity contribution is 0.354. The van der Waals surface area contributed by atoms with Crippen LogP contribution in [-0.2, 0) is 0 Å². The van der Waals surface area contributed by atoms with E-state index in [0.717, 1.165) is 19.0 Å². The zero-order chi connectivity index (χ0) is 10.3. The van der Waals surface area contributed by atoms with E-state index in [4.69, 9.17) is 0 Å². The predicted molar refractivity (Wildman–Crippen MR) is 64.4 cm³/mol. The molecule has 0 atom stereocenters. The first-order chi connectivity index (χ1) is 7.45. The first-order valence-electron chi connectivity index (χ1n) is 6.43. The van der Waals surface area contributed by atoms with Gasteiger partial charge in [0.05, 0.1) is 5.84 Å². The Morgan fingerprint density at radius 1 is 1.27 bits per heavy atom. The van der Waals surface area contributed by atoms with Gasteiger partial charge in [0.15, 0.2) is 0 Å². The van der Waals surface area contributed by atoms with Crippen molar-refractivity contribution < 1.29 is 0 Å². The van der Waals surface area contributed by atoms with Crippen LogP contribution in [0.25, 0.3) is 0 Å². The summed E-state index contributed by atoms with van der Waals surface area (Å²) in [5.41, 5.74) is 0. The van der Waals surface area contributed by atoms with Crippen LogP contribution in [0.4, 0.5) is 0 Å². The van der Waals surface area contributed by atoms with Crippen molar-refractivity contribution in [2.75, 3.05) is 26.2 Å². The highest BCUT2D eigenvalue weighted by Crippen LogP contribution is 2.15. The standard InChI is InChI=1S/C12H23N3/c1-2-7-14-12(3-1)15-10-6-11-4-8-13-9-5-11/h11,13H,1-10H2,(H,14,15). The average Bonchev–Trinajstić information content (AvgIpc) is 2.32. The zero-order valence-electron chi connectivity index (χ0n) is 9.60. The molecule has 0 bridgehead atoms. The third-order valence-electron chi connectivity index (χ3n) is 3.46. The van der Waals surface area contributed by atoms with Crippen LogP contribution in [0.2, 0.25) is 0 Å². The number of piperidine rings is 1. The van der Waals surface area contributed by atoms with Crippen LogP contribution in [0, 0.1) is 5.92 Å². The third kappa shape index (κ3) is 3.82. The minimum Gasteiger partial charge on any atom is -0.374 e. The van der Waals surface area contributed by atoms with Crippen LogP contribution in [-0.4, -0.2) is 32.0 Å². The molecule has 0 unspecified atom stereocenters. The second-order valence-electron chi connectivity index (χ2n) is 4.69. The maximum absolute atomic E-state index is 4.51. The zero-order valence-corrected chi connectivity index (χ0v) is 9.60. The molecule has 2 aliphatic heterocycles. The van der Waals surface area contributed by atoms with Gasteiger partial charge in [0.25, 0.3) is 0 Å². The molecule has 1 fully saturated rings. The molecule has 0 amide bonds. The predicted octanol–water partition coefficient (Wildman–Crippen LogP) is 1.55. The topological polar surface area (TPSA) is 36.4 Å². The largest absolute Gasteiger partial charge is 0.374 e. The average molecular weight is 209 g/mol. The molecule has 0 radical (unpaired) electrons. The second-order valence-corrected chi connectivity index (χ2v) is 4.69. The molecule has 3 heteroatoms. The molecule has 86 valence electrons. The summed E-state index contributed by atoms with van der Waals surface area (Å²) in [6.07, 6.45) is 7.80. The highest BCUT2D eigenvalue weighted by Gasteiger charge is 2.12. The number of aliphatic imine (C=N–C) groups is 1. The Balaban J connectivity index is 1.59. The quantitative estimate of drug-likeness (QED) is 0.740. The molecule has 3 nitrogen and oxygen atoms in total. The molecule has 2 N–H and O–H groups in total. The van der Waals surface area contributed by atoms with E-state index < -0.39 is 0 Å². The Kier molecular flexibility index (Phi) is 4.45. The summed E-state index contributed by atoms with van der Waals surface area (Å²) < 4.78 is 0. The molecule has 2 heterocycles. The van der Waals surface area contributed by atoms with Crippen molar-refractivity contribution in [3.05, 3.63) is 0 Å². The lowest BCUT2D eigenvalue weighted by Crippen LogP contribution is -2.32. The van der Waals surface area contributed by atoms with E-state index in [9.17, 15) is 0 Å². The first kappa shape index (κ1) is 10.9. The molecule has 15 heavy (non-hydrogen) atoms. The van der Waals surface area contributed by atoms with E-state index in [0.29, 0.717) is 0 Å². The van der Waals surface area contributed by atoms with Crippen molar-refractivity contribution in [1.82, 2.24) is 10.6 Å². The van der Waals surface area contributed by atoms with Gasteiger partial charge in [-0.2, -0.15) is 0 Å². The SMILES string of the molecule is C1CCC(NCCC2CCNCC2)=NC1. The summed E-state index contributed by atoms with van der Waals surface area (Å²) in [5, 5.41) is 6.91. The van der Waals surface area contributed by atoms with Crippen LogP contribution in [0.5, 0.6) is 0 Å². The van der Waals surface area contributed by atoms with Crippen LogP contribution in [0.1, 0.15) is 38.5 Å². The lowest BCUT2D eigenvalue weighted by atomic mass is 9.95. The molecule has 0 saturated carbocycles. The van der Waals surface area contributed by atoms with Crippen molar-refractivity contribution >= 4 is 5.84 Å². The molecule has 2 rings (SSSR count). The smallest absolute Gasteiger partial charge is 0.0963 e. The normalized spacial score (nSPS) is 23.6. The molecule has 1 saturated heterocycles. The van der Waals surface area contributed by atoms with Gasteiger partial charge < -0.3 is 10.6 Å². The number of hydrogen-bond acceptors (Lipinski definition) is 3. The summed E-state index contributed by atoms with van der Waals surface area (Å²) in [6.45, 7) is 4.59. The molecule has 0 aromatic heterocycles. The van der Waals surface area contributed by atoms with Gasteiger partial charge >= 0.3 is 0 Å². The van der Waals surface area contributed by atoms with Gasteiger partial charge in [-0.25, -0.2) is 0 Å². The van der Waals surface area contributed by atoms with E-state index in [1.165, 1.54) is 57.5 Å². The molecule has 0 aromatic carbocycles. The number of hydrogen-bond donors (Lipinski definition) is 2. The number of amidine groups is 1. The van der Waals surface area contributed by atoms with Gasteiger partial charge in [0.2, 0.25) is 0 Å². The van der Waals surface area contributed by atoms with Crippen molar-refractivity contribution in [3.63, 3.8) is 0 Å². The van der Waals surface area contributed by atoms with Gasteiger partial charge in [0, 0.05) is 19.5 Å². The van der Waals surface area contributed by atoms with Crippen LogP contribution >= 0.6 is 0 Å². The molecule has 0 aliphatic carbocycles. The highest BCUT2D eigenvalue weighted by atomic mass is 15.0. The molecule has 0 spiro atoms. The monoisotopic (exact) mass is 209 g/mol. The fraction of sp³-hybridized carbons (Fsp3) is 0.917. The summed E-state index contributed by atoms with van der Waals surface area (Å²) in [6, 6.07) is 0. The van der Waals surface area contributed by atoms with Crippen LogP contribution in [0.15, 0.2) is 4.99 Å². The Morgan fingerprint density at radius 2 is 2.13 bits per heavy atom. The van der Waals surface area contributed by atoms with E-state index in [1.54, 1.807) is 0 Å². The van der Waals surface area contributed by atoms with Gasteiger partial charge in [-0.3, -0.25) is 4.99 Å². The van der Waals surface area contributed by atoms with E-state index in [1.807, 2.05) is 0 Å². The van der Waals surface area contributed by atoms with Gasteiger partial charge in [-0.1, -0.05) is 0 Å². The lowest BCUT2D eigenvalue weighted by Gasteiger charge is -2.23. The Morgan fingerprint density at radius 3 is 2.87 bits per heavy atom. The Hall–Kier alpha value is -0.570. The van der Waals surface area contributed by atoms with Gasteiger partial charge in [-0.05, 0) is 51.1 Å². The van der Waals surface area contributed by atoms with Gasteiger partial charge in [0.1, 0.15) is 0 Å². The van der Waals surface area contributed by atoms with E-state index >= 15 is 0 Å². The highest BCUT2D eigenvalue weighted by molar-refractivity contribution is 5.82. The Labute approximate surface area is 92.7 Å². The maximum atomic E-state index is 4.51. The third-order valence-corrected chi connectivity index (χ3v) is 3.46. The first-order valence-corrected chi connectivity index (χ1v) is 6.43. The minimum atomic E-state index is 0.933. The number of rotatable bonds is 3. The van der Waals surface area contributed by atoms with Crippen LogP contribution < -0.4 is 10.6 Å². The van der Waals surface area contributed by atoms with Gasteiger partial charge in [-0.15, -0.1) is 0 Å². The van der Waals surface area contributed by atoms with Crippen molar-refractivity contribution in [2.24, 2.45) is 10.9 Å². The van der Waals surface area contributed by atoms with E-state index in [2.05, 4.69) is 15.6 Å². The maximum Gasteiger partial charge on any atom is 0.0963 e. The fourth-order valence-corrected chi connectivity index (χ4v) is 2.43. The van der Waals surface area contributed by atoms with Crippen molar-refractivity contribution in [1.29, 1.82) is 0 Å². The van der Waals surface area contributed by atoms with Crippen molar-refractivity contribution in [3.8, 4) is 0 Å². The minimum absolute atomic E-state index is 0.933. The number of nitrogens with zero attached hydrogens (tertiary/aromatic N) is 1. The molecular formula is C12H23N3. The molecule has 2 aliphatic rings. The summed E-state index contributed by atoms with van der Waals surface area (Å²) in [5.74, 6) is 2.19. The summed E-state index contributed by atoms with van der Waals surface area (Å²) in [4.78, 5) is 4.51. The Bertz CT molecular complexity index is 207. The summed E-state index contributed by atoms with van der Waals surface area (Å²) in [7, 11) is 0. The van der Waals surface area contributed by atoms with Crippen molar-refractivity contribution in [2.45, 2.75) is 38.5 Å². The van der Waals surface area contributed by atoms with E-state index in [-0.39, 0.29) is 0 Å². The fourth-order valence-electron chi connectivity index (χ4n) is 2.43.